The topological polar surface area (TPSA) is 70.9 Å². The summed E-state index contributed by atoms with van der Waals surface area (Å²) in [5, 5.41) is 9.22. The van der Waals surface area contributed by atoms with Crippen molar-refractivity contribution in [3.63, 3.8) is 0 Å². The van der Waals surface area contributed by atoms with Crippen molar-refractivity contribution in [3.05, 3.63) is 28.9 Å². The second-order valence-corrected chi connectivity index (χ2v) is 3.28. The van der Waals surface area contributed by atoms with Gasteiger partial charge in [-0.1, -0.05) is 0 Å². The SMILES string of the molecule is CC(O)Cn1c(=O)[nH]c2cnccc21. The predicted octanol–water partition coefficient (Wildman–Crippen LogP) is 0.105. The van der Waals surface area contributed by atoms with E-state index in [1.807, 2.05) is 0 Å². The standard InChI is InChI=1S/C9H11N3O2/c1-6(13)5-12-8-2-3-10-4-7(8)11-9(12)14/h2-4,6,13H,5H2,1H3,(H,11,14). The maximum Gasteiger partial charge on any atom is 0.326 e. The van der Waals surface area contributed by atoms with Gasteiger partial charge in [-0.3, -0.25) is 9.55 Å². The van der Waals surface area contributed by atoms with Crippen molar-refractivity contribution in [3.8, 4) is 0 Å². The Morgan fingerprint density at radius 2 is 2.50 bits per heavy atom. The van der Waals surface area contributed by atoms with Crippen molar-refractivity contribution >= 4 is 11.0 Å². The molecular formula is C9H11N3O2. The lowest BCUT2D eigenvalue weighted by Gasteiger charge is -2.04. The molecular weight excluding hydrogens is 182 g/mol. The summed E-state index contributed by atoms with van der Waals surface area (Å²) in [5.41, 5.74) is 1.25. The average molecular weight is 193 g/mol. The van der Waals surface area contributed by atoms with Crippen LogP contribution in [0.1, 0.15) is 6.92 Å². The summed E-state index contributed by atoms with van der Waals surface area (Å²) in [6, 6.07) is 1.75. The number of aromatic nitrogens is 3. The van der Waals surface area contributed by atoms with Crippen LogP contribution in [0.2, 0.25) is 0 Å². The largest absolute Gasteiger partial charge is 0.392 e. The van der Waals surface area contributed by atoms with E-state index < -0.39 is 6.10 Å². The summed E-state index contributed by atoms with van der Waals surface area (Å²) in [7, 11) is 0. The van der Waals surface area contributed by atoms with Crippen LogP contribution in [-0.4, -0.2) is 25.7 Å². The first-order valence-corrected chi connectivity index (χ1v) is 4.39. The molecule has 0 saturated heterocycles. The van der Waals surface area contributed by atoms with E-state index in [0.717, 1.165) is 5.52 Å². The number of imidazole rings is 1. The van der Waals surface area contributed by atoms with Crippen molar-refractivity contribution in [2.75, 3.05) is 0 Å². The summed E-state index contributed by atoms with van der Waals surface area (Å²) >= 11 is 0. The Labute approximate surface area is 80.0 Å². The summed E-state index contributed by atoms with van der Waals surface area (Å²) in [6.07, 6.45) is 2.67. The van der Waals surface area contributed by atoms with Gasteiger partial charge in [0.05, 0.1) is 29.9 Å². The molecule has 2 rings (SSSR count). The summed E-state index contributed by atoms with van der Waals surface area (Å²) in [4.78, 5) is 18.0. The van der Waals surface area contributed by atoms with E-state index >= 15 is 0 Å². The maximum atomic E-state index is 11.4. The molecule has 14 heavy (non-hydrogen) atoms. The molecule has 5 heteroatoms. The Balaban J connectivity index is 2.62. The Kier molecular flexibility index (Phi) is 2.09. The first kappa shape index (κ1) is 8.96. The molecule has 1 atom stereocenters. The van der Waals surface area contributed by atoms with Gasteiger partial charge < -0.3 is 10.1 Å². The van der Waals surface area contributed by atoms with Crippen LogP contribution in [0.15, 0.2) is 23.3 Å². The van der Waals surface area contributed by atoms with E-state index in [2.05, 4.69) is 9.97 Å². The molecule has 2 aromatic rings. The number of pyridine rings is 1. The Hall–Kier alpha value is -1.62. The first-order valence-electron chi connectivity index (χ1n) is 4.39. The molecule has 0 amide bonds. The molecule has 5 nitrogen and oxygen atoms in total. The highest BCUT2D eigenvalue weighted by molar-refractivity contribution is 5.73. The fourth-order valence-electron chi connectivity index (χ4n) is 1.46. The van der Waals surface area contributed by atoms with Crippen LogP contribution in [-0.2, 0) is 6.54 Å². The van der Waals surface area contributed by atoms with E-state index in [-0.39, 0.29) is 5.69 Å². The molecule has 0 aromatic carbocycles. The first-order chi connectivity index (χ1) is 6.68. The zero-order valence-electron chi connectivity index (χ0n) is 7.77. The number of H-pyrrole nitrogens is 1. The summed E-state index contributed by atoms with van der Waals surface area (Å²) < 4.78 is 1.50. The molecule has 0 aliphatic carbocycles. The molecule has 0 saturated carbocycles. The molecule has 0 aliphatic heterocycles. The quantitative estimate of drug-likeness (QED) is 0.710. The molecule has 2 N–H and O–H groups in total. The molecule has 2 aromatic heterocycles. The minimum atomic E-state index is -0.542. The zero-order valence-corrected chi connectivity index (χ0v) is 7.77. The van der Waals surface area contributed by atoms with Gasteiger partial charge in [0.2, 0.25) is 0 Å². The van der Waals surface area contributed by atoms with Gasteiger partial charge >= 0.3 is 5.69 Å². The van der Waals surface area contributed by atoms with Crippen LogP contribution < -0.4 is 5.69 Å². The van der Waals surface area contributed by atoms with Gasteiger partial charge in [0, 0.05) is 6.20 Å². The normalized spacial score (nSPS) is 13.3. The third kappa shape index (κ3) is 1.42. The van der Waals surface area contributed by atoms with Crippen LogP contribution in [0.5, 0.6) is 0 Å². The maximum absolute atomic E-state index is 11.4. The number of aliphatic hydroxyl groups excluding tert-OH is 1. The number of aromatic amines is 1. The van der Waals surface area contributed by atoms with E-state index in [1.165, 1.54) is 4.57 Å². The number of hydrogen-bond acceptors (Lipinski definition) is 3. The van der Waals surface area contributed by atoms with Crippen LogP contribution in [0, 0.1) is 0 Å². The van der Waals surface area contributed by atoms with Crippen molar-refractivity contribution in [1.29, 1.82) is 0 Å². The zero-order chi connectivity index (χ0) is 10.1. The number of nitrogens with one attached hydrogen (secondary N) is 1. The van der Waals surface area contributed by atoms with Crippen molar-refractivity contribution in [1.82, 2.24) is 14.5 Å². The molecule has 74 valence electrons. The highest BCUT2D eigenvalue weighted by Gasteiger charge is 2.07. The molecule has 1 unspecified atom stereocenters. The third-order valence-electron chi connectivity index (χ3n) is 2.02. The van der Waals surface area contributed by atoms with Gasteiger partial charge in [0.25, 0.3) is 0 Å². The number of fused-ring (bicyclic) bond motifs is 1. The predicted molar refractivity (Wildman–Crippen MR) is 52.0 cm³/mol. The van der Waals surface area contributed by atoms with E-state index in [9.17, 15) is 9.90 Å². The van der Waals surface area contributed by atoms with E-state index in [4.69, 9.17) is 0 Å². The minimum Gasteiger partial charge on any atom is -0.392 e. The molecule has 0 spiro atoms. The van der Waals surface area contributed by atoms with Crippen LogP contribution in [0.25, 0.3) is 11.0 Å². The van der Waals surface area contributed by atoms with Crippen LogP contribution in [0.4, 0.5) is 0 Å². The van der Waals surface area contributed by atoms with Crippen molar-refractivity contribution in [2.45, 2.75) is 19.6 Å². The molecule has 2 heterocycles. The minimum absolute atomic E-state index is 0.214. The Morgan fingerprint density at radius 1 is 1.71 bits per heavy atom. The smallest absolute Gasteiger partial charge is 0.326 e. The highest BCUT2D eigenvalue weighted by Crippen LogP contribution is 2.07. The fourth-order valence-corrected chi connectivity index (χ4v) is 1.46. The molecule has 0 fully saturated rings. The molecule has 0 bridgehead atoms. The summed E-state index contributed by atoms with van der Waals surface area (Å²) in [6.45, 7) is 1.94. The second kappa shape index (κ2) is 3.26. The molecule has 0 aliphatic rings. The van der Waals surface area contributed by atoms with Gasteiger partial charge in [-0.15, -0.1) is 0 Å². The fraction of sp³-hybridized carbons (Fsp3) is 0.333. The lowest BCUT2D eigenvalue weighted by atomic mass is 10.3. The van der Waals surface area contributed by atoms with Crippen molar-refractivity contribution < 1.29 is 5.11 Å². The molecule has 0 radical (unpaired) electrons. The average Bonchev–Trinajstić information content (AvgIpc) is 2.43. The Morgan fingerprint density at radius 3 is 3.21 bits per heavy atom. The van der Waals surface area contributed by atoms with Gasteiger partial charge in [-0.05, 0) is 13.0 Å². The van der Waals surface area contributed by atoms with Gasteiger partial charge in [-0.25, -0.2) is 4.79 Å². The van der Waals surface area contributed by atoms with Crippen molar-refractivity contribution in [2.24, 2.45) is 0 Å². The lowest BCUT2D eigenvalue weighted by Crippen LogP contribution is -2.22. The lowest BCUT2D eigenvalue weighted by molar-refractivity contribution is 0.174. The second-order valence-electron chi connectivity index (χ2n) is 3.28. The van der Waals surface area contributed by atoms with Crippen LogP contribution >= 0.6 is 0 Å². The highest BCUT2D eigenvalue weighted by atomic mass is 16.3. The van der Waals surface area contributed by atoms with Gasteiger partial charge in [0.1, 0.15) is 0 Å². The van der Waals surface area contributed by atoms with E-state index in [0.29, 0.717) is 12.1 Å². The Bertz CT molecular complexity index is 498. The number of hydrogen-bond donors (Lipinski definition) is 2. The number of nitrogens with zero attached hydrogens (tertiary/aromatic N) is 2. The monoisotopic (exact) mass is 193 g/mol. The number of aliphatic hydroxyl groups is 1. The third-order valence-corrected chi connectivity index (χ3v) is 2.02. The van der Waals surface area contributed by atoms with E-state index in [1.54, 1.807) is 25.4 Å². The summed E-state index contributed by atoms with van der Waals surface area (Å²) in [5.74, 6) is 0. The van der Waals surface area contributed by atoms with Gasteiger partial charge in [-0.2, -0.15) is 0 Å². The van der Waals surface area contributed by atoms with Crippen LogP contribution in [0.3, 0.4) is 0 Å². The number of rotatable bonds is 2. The van der Waals surface area contributed by atoms with Gasteiger partial charge in [0.15, 0.2) is 0 Å².